The first-order chi connectivity index (χ1) is 7.58. The van der Waals surface area contributed by atoms with Gasteiger partial charge in [-0.15, -0.1) is 12.4 Å². The number of amides is 1. The maximum absolute atomic E-state index is 12.0. The maximum Gasteiger partial charge on any atom is 0.222 e. The van der Waals surface area contributed by atoms with Gasteiger partial charge < -0.3 is 10.6 Å². The summed E-state index contributed by atoms with van der Waals surface area (Å²) in [4.78, 5) is 14.0. The lowest BCUT2D eigenvalue weighted by Gasteiger charge is -2.19. The van der Waals surface area contributed by atoms with Gasteiger partial charge in [0, 0.05) is 25.6 Å². The zero-order valence-electron chi connectivity index (χ0n) is 10.9. The van der Waals surface area contributed by atoms with E-state index in [0.29, 0.717) is 36.1 Å². The molecule has 3 unspecified atom stereocenters. The predicted molar refractivity (Wildman–Crippen MR) is 72.1 cm³/mol. The fourth-order valence-electron chi connectivity index (χ4n) is 3.08. The normalized spacial score (nSPS) is 31.5. The molecule has 1 amide bonds. The third-order valence-electron chi connectivity index (χ3n) is 4.20. The summed E-state index contributed by atoms with van der Waals surface area (Å²) in [7, 11) is 0. The largest absolute Gasteiger partial charge is 0.342 e. The highest BCUT2D eigenvalue weighted by Crippen LogP contribution is 2.37. The van der Waals surface area contributed by atoms with Gasteiger partial charge in [0.2, 0.25) is 5.91 Å². The van der Waals surface area contributed by atoms with E-state index in [9.17, 15) is 4.79 Å². The molecule has 1 saturated heterocycles. The zero-order valence-corrected chi connectivity index (χ0v) is 11.7. The van der Waals surface area contributed by atoms with Crippen LogP contribution in [-0.2, 0) is 4.79 Å². The molecule has 0 aromatic rings. The van der Waals surface area contributed by atoms with E-state index in [1.807, 2.05) is 0 Å². The topological polar surface area (TPSA) is 46.3 Å². The van der Waals surface area contributed by atoms with Crippen LogP contribution >= 0.6 is 12.4 Å². The Kier molecular flexibility index (Phi) is 5.26. The molecule has 1 aliphatic heterocycles. The lowest BCUT2D eigenvalue weighted by atomic mass is 9.98. The Bertz CT molecular complexity index is 270. The van der Waals surface area contributed by atoms with Crippen molar-refractivity contribution in [2.45, 2.75) is 45.6 Å². The lowest BCUT2D eigenvalue weighted by Crippen LogP contribution is -2.33. The second-order valence-electron chi connectivity index (χ2n) is 5.90. The average Bonchev–Trinajstić information content (AvgIpc) is 2.78. The molecule has 0 bridgehead atoms. The summed E-state index contributed by atoms with van der Waals surface area (Å²) in [5, 5.41) is 0. The number of nitrogens with two attached hydrogens (primary N) is 1. The molecule has 3 atom stereocenters. The molecule has 1 aliphatic carbocycles. The van der Waals surface area contributed by atoms with Gasteiger partial charge in [-0.25, -0.2) is 0 Å². The van der Waals surface area contributed by atoms with Crippen LogP contribution in [0.2, 0.25) is 0 Å². The summed E-state index contributed by atoms with van der Waals surface area (Å²) in [6, 6.07) is 0.341. The second kappa shape index (κ2) is 6.05. The minimum atomic E-state index is 0. The predicted octanol–water partition coefficient (Wildman–Crippen LogP) is 2.04. The molecule has 0 aromatic heterocycles. The lowest BCUT2D eigenvalue weighted by molar-refractivity contribution is -0.130. The van der Waals surface area contributed by atoms with Crippen molar-refractivity contribution in [1.29, 1.82) is 0 Å². The number of hydrogen-bond donors (Lipinski definition) is 1. The molecule has 2 aliphatic rings. The first-order valence-electron chi connectivity index (χ1n) is 6.61. The van der Waals surface area contributed by atoms with Gasteiger partial charge in [-0.3, -0.25) is 4.79 Å². The van der Waals surface area contributed by atoms with Crippen molar-refractivity contribution in [2.24, 2.45) is 23.5 Å². The van der Waals surface area contributed by atoms with Gasteiger partial charge >= 0.3 is 0 Å². The first-order valence-corrected chi connectivity index (χ1v) is 6.61. The smallest absolute Gasteiger partial charge is 0.222 e. The number of fused-ring (bicyclic) bond motifs is 1. The zero-order chi connectivity index (χ0) is 11.7. The molecule has 0 spiro atoms. The van der Waals surface area contributed by atoms with Gasteiger partial charge in [0.1, 0.15) is 0 Å². The summed E-state index contributed by atoms with van der Waals surface area (Å²) in [6.45, 7) is 6.22. The van der Waals surface area contributed by atoms with E-state index in [1.165, 1.54) is 6.42 Å². The number of hydrogen-bond acceptors (Lipinski definition) is 2. The number of carbonyl (C=O) groups is 1. The number of carbonyl (C=O) groups excluding carboxylic acids is 1. The Hall–Kier alpha value is -0.280. The molecule has 0 radical (unpaired) electrons. The van der Waals surface area contributed by atoms with Crippen molar-refractivity contribution in [3.05, 3.63) is 0 Å². The number of nitrogens with zero attached hydrogens (tertiary/aromatic N) is 1. The molecule has 3 nitrogen and oxygen atoms in total. The standard InChI is InChI=1S/C13H24N2O.ClH/c1-9(2)3-6-13(16)15-7-10-4-5-12(14)11(10)8-15;/h9-12H,3-8,14H2,1-2H3;1H. The molecule has 100 valence electrons. The maximum atomic E-state index is 12.0. The van der Waals surface area contributed by atoms with Gasteiger partial charge in [-0.05, 0) is 37.0 Å². The second-order valence-corrected chi connectivity index (χ2v) is 5.90. The summed E-state index contributed by atoms with van der Waals surface area (Å²) in [5.41, 5.74) is 6.07. The molecule has 4 heteroatoms. The molecule has 2 N–H and O–H groups in total. The Morgan fingerprint density at radius 3 is 2.65 bits per heavy atom. The number of likely N-dealkylation sites (tertiary alicyclic amines) is 1. The monoisotopic (exact) mass is 260 g/mol. The van der Waals surface area contributed by atoms with E-state index in [2.05, 4.69) is 18.7 Å². The van der Waals surface area contributed by atoms with Crippen molar-refractivity contribution < 1.29 is 4.79 Å². The number of halogens is 1. The van der Waals surface area contributed by atoms with Crippen molar-refractivity contribution in [1.82, 2.24) is 4.90 Å². The first kappa shape index (κ1) is 14.8. The summed E-state index contributed by atoms with van der Waals surface area (Å²) in [5.74, 6) is 2.24. The molecule has 1 heterocycles. The Morgan fingerprint density at radius 1 is 1.35 bits per heavy atom. The van der Waals surface area contributed by atoms with Gasteiger partial charge in [-0.2, -0.15) is 0 Å². The van der Waals surface area contributed by atoms with Crippen LogP contribution in [0, 0.1) is 17.8 Å². The fourth-order valence-corrected chi connectivity index (χ4v) is 3.08. The molecule has 2 fully saturated rings. The van der Waals surface area contributed by atoms with Gasteiger partial charge in [0.15, 0.2) is 0 Å². The van der Waals surface area contributed by atoms with Crippen molar-refractivity contribution in [3.8, 4) is 0 Å². The molecular formula is C13H25ClN2O. The van der Waals surface area contributed by atoms with Crippen LogP contribution in [0.25, 0.3) is 0 Å². The third kappa shape index (κ3) is 3.35. The molecule has 2 rings (SSSR count). The minimum Gasteiger partial charge on any atom is -0.342 e. The number of rotatable bonds is 3. The highest BCUT2D eigenvalue weighted by atomic mass is 35.5. The van der Waals surface area contributed by atoms with Crippen molar-refractivity contribution >= 4 is 18.3 Å². The third-order valence-corrected chi connectivity index (χ3v) is 4.20. The Balaban J connectivity index is 0.00000144. The van der Waals surface area contributed by atoms with Crippen LogP contribution < -0.4 is 5.73 Å². The summed E-state index contributed by atoms with van der Waals surface area (Å²) in [6.07, 6.45) is 4.10. The summed E-state index contributed by atoms with van der Waals surface area (Å²) < 4.78 is 0. The van der Waals surface area contributed by atoms with E-state index in [0.717, 1.165) is 25.9 Å². The highest BCUT2D eigenvalue weighted by molar-refractivity contribution is 5.85. The molecule has 1 saturated carbocycles. The van der Waals surface area contributed by atoms with Crippen LogP contribution in [0.4, 0.5) is 0 Å². The molecular weight excluding hydrogens is 236 g/mol. The van der Waals surface area contributed by atoms with Gasteiger partial charge in [-0.1, -0.05) is 13.8 Å². The van der Waals surface area contributed by atoms with Gasteiger partial charge in [0.25, 0.3) is 0 Å². The SMILES string of the molecule is CC(C)CCC(=O)N1CC2CCC(N)C2C1.Cl. The molecule has 17 heavy (non-hydrogen) atoms. The van der Waals surface area contributed by atoms with Gasteiger partial charge in [0.05, 0.1) is 0 Å². The summed E-state index contributed by atoms with van der Waals surface area (Å²) >= 11 is 0. The Labute approximate surface area is 111 Å². The van der Waals surface area contributed by atoms with E-state index < -0.39 is 0 Å². The Morgan fingerprint density at radius 2 is 2.06 bits per heavy atom. The van der Waals surface area contributed by atoms with Crippen LogP contribution in [-0.4, -0.2) is 29.9 Å². The quantitative estimate of drug-likeness (QED) is 0.844. The fraction of sp³-hybridized carbons (Fsp3) is 0.923. The van der Waals surface area contributed by atoms with Crippen molar-refractivity contribution in [2.75, 3.05) is 13.1 Å². The minimum absolute atomic E-state index is 0. The van der Waals surface area contributed by atoms with E-state index in [1.54, 1.807) is 0 Å². The highest BCUT2D eigenvalue weighted by Gasteiger charge is 2.42. The average molecular weight is 261 g/mol. The van der Waals surface area contributed by atoms with Crippen LogP contribution in [0.3, 0.4) is 0 Å². The van der Waals surface area contributed by atoms with E-state index in [-0.39, 0.29) is 12.4 Å². The van der Waals surface area contributed by atoms with Crippen LogP contribution in [0.15, 0.2) is 0 Å². The van der Waals surface area contributed by atoms with Crippen LogP contribution in [0.5, 0.6) is 0 Å². The van der Waals surface area contributed by atoms with E-state index in [4.69, 9.17) is 5.73 Å². The van der Waals surface area contributed by atoms with Crippen LogP contribution in [0.1, 0.15) is 39.5 Å². The van der Waals surface area contributed by atoms with E-state index >= 15 is 0 Å². The molecule has 0 aromatic carbocycles. The van der Waals surface area contributed by atoms with Crippen molar-refractivity contribution in [3.63, 3.8) is 0 Å².